The molecule has 88 valence electrons. The van der Waals surface area contributed by atoms with Crippen LogP contribution in [0.2, 0.25) is 0 Å². The maximum absolute atomic E-state index is 11.2. The molecule has 3 heteroatoms. The van der Waals surface area contributed by atoms with Gasteiger partial charge in [0.2, 0.25) is 0 Å². The molecule has 3 rings (SSSR count). The van der Waals surface area contributed by atoms with Gasteiger partial charge in [0.25, 0.3) is 0 Å². The quantitative estimate of drug-likeness (QED) is 0.741. The topological polar surface area (TPSA) is 37.3 Å². The van der Waals surface area contributed by atoms with E-state index in [1.807, 2.05) is 41.8 Å². The number of carbonyl (C=O) groups is 1. The van der Waals surface area contributed by atoms with Crippen LogP contribution < -0.4 is 0 Å². The van der Waals surface area contributed by atoms with Crippen molar-refractivity contribution in [3.63, 3.8) is 0 Å². The minimum atomic E-state index is -0.889. The molecule has 0 amide bonds. The van der Waals surface area contributed by atoms with E-state index >= 15 is 0 Å². The van der Waals surface area contributed by atoms with Crippen molar-refractivity contribution in [1.82, 2.24) is 0 Å². The molecule has 1 aromatic heterocycles. The van der Waals surface area contributed by atoms with Crippen LogP contribution >= 0.6 is 11.3 Å². The van der Waals surface area contributed by atoms with Gasteiger partial charge < -0.3 is 5.11 Å². The van der Waals surface area contributed by atoms with Crippen molar-refractivity contribution < 1.29 is 9.90 Å². The maximum atomic E-state index is 11.2. The molecule has 3 aromatic rings. The lowest BCUT2D eigenvalue weighted by atomic mass is 10.0. The van der Waals surface area contributed by atoms with Gasteiger partial charge in [0.1, 0.15) is 0 Å². The number of hydrogen-bond donors (Lipinski definition) is 1. The molecule has 0 aliphatic heterocycles. The van der Waals surface area contributed by atoms with E-state index in [-0.39, 0.29) is 0 Å². The molecule has 1 N–H and O–H groups in total. The molecule has 0 radical (unpaired) electrons. The predicted octanol–water partition coefficient (Wildman–Crippen LogP) is 4.27. The molecule has 0 fully saturated rings. The number of rotatable bonds is 2. The van der Waals surface area contributed by atoms with Crippen LogP contribution in [0.25, 0.3) is 21.2 Å². The van der Waals surface area contributed by atoms with Gasteiger partial charge in [-0.3, -0.25) is 0 Å². The smallest absolute Gasteiger partial charge is 0.335 e. The van der Waals surface area contributed by atoms with Crippen LogP contribution in [0, 0.1) is 0 Å². The van der Waals surface area contributed by atoms with Crippen LogP contribution in [0.15, 0.2) is 53.9 Å². The lowest BCUT2D eigenvalue weighted by Crippen LogP contribution is -1.96. The van der Waals surface area contributed by atoms with E-state index in [2.05, 4.69) is 0 Å². The summed E-state index contributed by atoms with van der Waals surface area (Å²) < 4.78 is 1.13. The van der Waals surface area contributed by atoms with Gasteiger partial charge in [-0.15, -0.1) is 11.3 Å². The van der Waals surface area contributed by atoms with E-state index in [1.54, 1.807) is 23.5 Å². The van der Waals surface area contributed by atoms with Gasteiger partial charge in [-0.25, -0.2) is 4.79 Å². The van der Waals surface area contributed by atoms with Crippen LogP contribution in [0.3, 0.4) is 0 Å². The number of thiophene rings is 1. The zero-order chi connectivity index (χ0) is 12.5. The number of carboxylic acid groups (broad SMARTS) is 1. The first-order valence-corrected chi connectivity index (χ1v) is 6.43. The highest BCUT2D eigenvalue weighted by atomic mass is 32.1. The molecular weight excluding hydrogens is 244 g/mol. The fraction of sp³-hybridized carbons (Fsp3) is 0. The SMILES string of the molecule is O=C(O)c1cc(-c2ccccc2)c2sccc2c1. The Bertz CT molecular complexity index is 714. The van der Waals surface area contributed by atoms with Crippen LogP contribution in [0.4, 0.5) is 0 Å². The van der Waals surface area contributed by atoms with Crippen LogP contribution in [-0.4, -0.2) is 11.1 Å². The first-order valence-electron chi connectivity index (χ1n) is 5.55. The third-order valence-electron chi connectivity index (χ3n) is 2.88. The van der Waals surface area contributed by atoms with Gasteiger partial charge in [0.05, 0.1) is 5.56 Å². The summed E-state index contributed by atoms with van der Waals surface area (Å²) in [6, 6.07) is 15.3. The average molecular weight is 254 g/mol. The highest BCUT2D eigenvalue weighted by Gasteiger charge is 2.11. The van der Waals surface area contributed by atoms with E-state index in [4.69, 9.17) is 5.11 Å². The summed E-state index contributed by atoms with van der Waals surface area (Å²) in [5, 5.41) is 12.1. The maximum Gasteiger partial charge on any atom is 0.335 e. The molecule has 18 heavy (non-hydrogen) atoms. The molecule has 0 aliphatic rings. The monoisotopic (exact) mass is 254 g/mol. The Morgan fingerprint density at radius 2 is 1.83 bits per heavy atom. The average Bonchev–Trinajstić information content (AvgIpc) is 2.86. The molecule has 0 bridgehead atoms. The molecule has 0 spiro atoms. The highest BCUT2D eigenvalue weighted by molar-refractivity contribution is 7.17. The number of aromatic carboxylic acids is 1. The highest BCUT2D eigenvalue weighted by Crippen LogP contribution is 2.33. The second-order valence-corrected chi connectivity index (χ2v) is 4.95. The Morgan fingerprint density at radius 3 is 2.56 bits per heavy atom. The number of carboxylic acids is 1. The second-order valence-electron chi connectivity index (χ2n) is 4.03. The fourth-order valence-corrected chi connectivity index (χ4v) is 2.96. The van der Waals surface area contributed by atoms with Crippen molar-refractivity contribution in [2.24, 2.45) is 0 Å². The third-order valence-corrected chi connectivity index (χ3v) is 3.85. The summed E-state index contributed by atoms with van der Waals surface area (Å²) in [6.07, 6.45) is 0. The molecule has 0 unspecified atom stereocenters. The Kier molecular flexibility index (Phi) is 2.61. The Hall–Kier alpha value is -2.13. The van der Waals surface area contributed by atoms with Crippen LogP contribution in [-0.2, 0) is 0 Å². The number of benzene rings is 2. The molecule has 2 nitrogen and oxygen atoms in total. The van der Waals surface area contributed by atoms with E-state index < -0.39 is 5.97 Å². The summed E-state index contributed by atoms with van der Waals surface area (Å²) >= 11 is 1.64. The molecule has 0 atom stereocenters. The van der Waals surface area contributed by atoms with Crippen LogP contribution in [0.5, 0.6) is 0 Å². The van der Waals surface area contributed by atoms with Gasteiger partial charge in [-0.2, -0.15) is 0 Å². The van der Waals surface area contributed by atoms with Crippen molar-refractivity contribution in [1.29, 1.82) is 0 Å². The van der Waals surface area contributed by atoms with Crippen molar-refractivity contribution in [2.75, 3.05) is 0 Å². The van der Waals surface area contributed by atoms with Gasteiger partial charge >= 0.3 is 5.97 Å². The van der Waals surface area contributed by atoms with Gasteiger partial charge in [0, 0.05) is 10.3 Å². The van der Waals surface area contributed by atoms with Gasteiger partial charge in [-0.1, -0.05) is 30.3 Å². The first kappa shape index (κ1) is 11.0. The molecule has 1 heterocycles. The predicted molar refractivity (Wildman–Crippen MR) is 74.2 cm³/mol. The minimum Gasteiger partial charge on any atom is -0.478 e. The summed E-state index contributed by atoms with van der Waals surface area (Å²) in [6.45, 7) is 0. The third kappa shape index (κ3) is 1.79. The molecule has 0 saturated heterocycles. The normalized spacial score (nSPS) is 10.7. The zero-order valence-corrected chi connectivity index (χ0v) is 10.3. The number of hydrogen-bond acceptors (Lipinski definition) is 2. The molecule has 2 aromatic carbocycles. The van der Waals surface area contributed by atoms with E-state index in [0.717, 1.165) is 21.2 Å². The molecular formula is C15H10O2S. The van der Waals surface area contributed by atoms with Crippen molar-refractivity contribution >= 4 is 27.4 Å². The second kappa shape index (κ2) is 4.27. The molecule has 0 saturated carbocycles. The van der Waals surface area contributed by atoms with E-state index in [1.165, 1.54) is 0 Å². The summed E-state index contributed by atoms with van der Waals surface area (Å²) in [7, 11) is 0. The Labute approximate surface area is 108 Å². The fourth-order valence-electron chi connectivity index (χ4n) is 2.04. The Balaban J connectivity index is 2.33. The largest absolute Gasteiger partial charge is 0.478 e. The van der Waals surface area contributed by atoms with Crippen LogP contribution in [0.1, 0.15) is 10.4 Å². The van der Waals surface area contributed by atoms with E-state index in [9.17, 15) is 4.79 Å². The minimum absolute atomic E-state index is 0.333. The summed E-state index contributed by atoms with van der Waals surface area (Å²) in [5.74, 6) is -0.889. The van der Waals surface area contributed by atoms with Gasteiger partial charge in [-0.05, 0) is 34.5 Å². The van der Waals surface area contributed by atoms with Crippen molar-refractivity contribution in [3.05, 3.63) is 59.5 Å². The lowest BCUT2D eigenvalue weighted by molar-refractivity contribution is 0.0697. The van der Waals surface area contributed by atoms with Crippen molar-refractivity contribution in [3.8, 4) is 11.1 Å². The van der Waals surface area contributed by atoms with E-state index in [0.29, 0.717) is 5.56 Å². The summed E-state index contributed by atoms with van der Waals surface area (Å²) in [5.41, 5.74) is 2.37. The van der Waals surface area contributed by atoms with Crippen molar-refractivity contribution in [2.45, 2.75) is 0 Å². The zero-order valence-electron chi connectivity index (χ0n) is 9.46. The number of fused-ring (bicyclic) bond motifs is 1. The summed E-state index contributed by atoms with van der Waals surface area (Å²) in [4.78, 5) is 11.2. The lowest BCUT2D eigenvalue weighted by Gasteiger charge is -2.05. The first-order chi connectivity index (χ1) is 8.75. The standard InChI is InChI=1S/C15H10O2S/c16-15(17)12-8-11-6-7-18-14(11)13(9-12)10-4-2-1-3-5-10/h1-9H,(H,16,17). The Morgan fingerprint density at radius 1 is 1.06 bits per heavy atom. The van der Waals surface area contributed by atoms with Gasteiger partial charge in [0.15, 0.2) is 0 Å². The molecule has 0 aliphatic carbocycles.